The summed E-state index contributed by atoms with van der Waals surface area (Å²) in [6.45, 7) is 0.653. The molecule has 1 atom stereocenters. The van der Waals surface area contributed by atoms with Gasteiger partial charge in [0.05, 0.1) is 17.9 Å². The Morgan fingerprint density at radius 1 is 1.06 bits per heavy atom. The zero-order chi connectivity index (χ0) is 22.1. The summed E-state index contributed by atoms with van der Waals surface area (Å²) in [6.07, 6.45) is 12.6. The SMILES string of the molecule is CN(Cc1ccccc1)C(=O)C1CC=C(c2cnn3cc(-c4cnn(C)c4)ccc23)CC1. The van der Waals surface area contributed by atoms with Crippen LogP contribution in [0.25, 0.3) is 22.2 Å². The van der Waals surface area contributed by atoms with Gasteiger partial charge in [-0.1, -0.05) is 42.5 Å². The van der Waals surface area contributed by atoms with Crippen LogP contribution < -0.4 is 0 Å². The van der Waals surface area contributed by atoms with Crippen molar-refractivity contribution in [3.05, 3.63) is 84.5 Å². The van der Waals surface area contributed by atoms with Gasteiger partial charge in [-0.3, -0.25) is 9.48 Å². The van der Waals surface area contributed by atoms with Crippen molar-refractivity contribution < 1.29 is 4.79 Å². The molecule has 0 N–H and O–H groups in total. The minimum atomic E-state index is 0.0477. The number of amides is 1. The Kier molecular flexibility index (Phi) is 5.35. The highest BCUT2D eigenvalue weighted by Crippen LogP contribution is 2.33. The van der Waals surface area contributed by atoms with E-state index >= 15 is 0 Å². The van der Waals surface area contributed by atoms with Crippen molar-refractivity contribution in [1.29, 1.82) is 0 Å². The molecule has 5 rings (SSSR count). The lowest BCUT2D eigenvalue weighted by molar-refractivity contribution is -0.134. The van der Waals surface area contributed by atoms with Crippen LogP contribution in [0.1, 0.15) is 30.4 Å². The molecule has 4 aromatic rings. The highest BCUT2D eigenvalue weighted by Gasteiger charge is 2.25. The van der Waals surface area contributed by atoms with Gasteiger partial charge in [0.2, 0.25) is 5.91 Å². The molecule has 0 spiro atoms. The fourth-order valence-electron chi connectivity index (χ4n) is 4.52. The fourth-order valence-corrected chi connectivity index (χ4v) is 4.52. The maximum absolute atomic E-state index is 13.0. The molecule has 0 saturated heterocycles. The Bertz CT molecular complexity index is 1280. The molecule has 1 amide bonds. The van der Waals surface area contributed by atoms with E-state index in [2.05, 4.69) is 40.5 Å². The minimum Gasteiger partial charge on any atom is -0.341 e. The molecule has 0 saturated carbocycles. The van der Waals surface area contributed by atoms with E-state index in [1.807, 2.05) is 66.5 Å². The number of nitrogens with zero attached hydrogens (tertiary/aromatic N) is 5. The summed E-state index contributed by atoms with van der Waals surface area (Å²) in [5, 5.41) is 8.85. The van der Waals surface area contributed by atoms with Crippen LogP contribution in [0.3, 0.4) is 0 Å². The molecule has 1 unspecified atom stereocenters. The molecule has 6 heteroatoms. The van der Waals surface area contributed by atoms with Gasteiger partial charge in [-0.2, -0.15) is 10.2 Å². The Morgan fingerprint density at radius 2 is 1.91 bits per heavy atom. The van der Waals surface area contributed by atoms with Crippen LogP contribution in [0.15, 0.2) is 73.3 Å². The van der Waals surface area contributed by atoms with Gasteiger partial charge in [-0.05, 0) is 36.5 Å². The van der Waals surface area contributed by atoms with Crippen LogP contribution in [0.4, 0.5) is 0 Å². The Balaban J connectivity index is 1.30. The molecule has 3 aromatic heterocycles. The molecular weight excluding hydrogens is 398 g/mol. The number of fused-ring (bicyclic) bond motifs is 1. The second-order valence-electron chi connectivity index (χ2n) is 8.59. The lowest BCUT2D eigenvalue weighted by atomic mass is 9.86. The van der Waals surface area contributed by atoms with Gasteiger partial charge >= 0.3 is 0 Å². The highest BCUT2D eigenvalue weighted by atomic mass is 16.2. The number of hydrogen-bond acceptors (Lipinski definition) is 3. The molecule has 1 aliphatic carbocycles. The number of rotatable bonds is 5. The Labute approximate surface area is 187 Å². The van der Waals surface area contributed by atoms with Crippen LogP contribution in [-0.2, 0) is 18.4 Å². The first-order valence-corrected chi connectivity index (χ1v) is 11.0. The molecule has 0 bridgehead atoms. The van der Waals surface area contributed by atoms with Gasteiger partial charge in [0.15, 0.2) is 0 Å². The zero-order valence-electron chi connectivity index (χ0n) is 18.5. The van der Waals surface area contributed by atoms with E-state index in [4.69, 9.17) is 0 Å². The van der Waals surface area contributed by atoms with E-state index in [0.717, 1.165) is 47.0 Å². The Morgan fingerprint density at radius 3 is 2.62 bits per heavy atom. The summed E-state index contributed by atoms with van der Waals surface area (Å²) in [5.41, 5.74) is 6.85. The molecule has 3 heterocycles. The summed E-state index contributed by atoms with van der Waals surface area (Å²) < 4.78 is 3.74. The van der Waals surface area contributed by atoms with Gasteiger partial charge in [-0.25, -0.2) is 4.52 Å². The maximum atomic E-state index is 13.0. The predicted molar refractivity (Wildman–Crippen MR) is 126 cm³/mol. The van der Waals surface area contributed by atoms with Crippen molar-refractivity contribution in [3.63, 3.8) is 0 Å². The van der Waals surface area contributed by atoms with E-state index in [-0.39, 0.29) is 11.8 Å². The second-order valence-corrected chi connectivity index (χ2v) is 8.59. The summed E-state index contributed by atoms with van der Waals surface area (Å²) >= 11 is 0. The predicted octanol–water partition coefficient (Wildman–Crippen LogP) is 4.58. The van der Waals surface area contributed by atoms with Crippen LogP contribution in [0.5, 0.6) is 0 Å². The number of allylic oxidation sites excluding steroid dienone is 2. The second kappa shape index (κ2) is 8.46. The molecular formula is C26H27N5O. The van der Waals surface area contributed by atoms with Crippen molar-refractivity contribution in [2.45, 2.75) is 25.8 Å². The molecule has 1 aliphatic rings. The lowest BCUT2D eigenvalue weighted by Crippen LogP contribution is -2.33. The van der Waals surface area contributed by atoms with E-state index < -0.39 is 0 Å². The molecule has 0 fully saturated rings. The number of hydrogen-bond donors (Lipinski definition) is 0. The smallest absolute Gasteiger partial charge is 0.226 e. The van der Waals surface area contributed by atoms with Crippen LogP contribution >= 0.6 is 0 Å². The number of pyridine rings is 1. The highest BCUT2D eigenvalue weighted by molar-refractivity contribution is 5.83. The molecule has 162 valence electrons. The first-order chi connectivity index (χ1) is 15.6. The van der Waals surface area contributed by atoms with Crippen molar-refractivity contribution >= 4 is 17.0 Å². The number of benzene rings is 1. The van der Waals surface area contributed by atoms with Gasteiger partial charge in [0.25, 0.3) is 0 Å². The fraction of sp³-hybridized carbons (Fsp3) is 0.269. The first kappa shape index (κ1) is 20.2. The molecule has 0 radical (unpaired) electrons. The third-order valence-corrected chi connectivity index (χ3v) is 6.30. The maximum Gasteiger partial charge on any atom is 0.226 e. The van der Waals surface area contributed by atoms with E-state index in [9.17, 15) is 4.79 Å². The van der Waals surface area contributed by atoms with E-state index in [1.54, 1.807) is 4.68 Å². The lowest BCUT2D eigenvalue weighted by Gasteiger charge is -2.26. The van der Waals surface area contributed by atoms with Gasteiger partial charge in [-0.15, -0.1) is 0 Å². The number of aromatic nitrogens is 4. The molecule has 0 aliphatic heterocycles. The van der Waals surface area contributed by atoms with E-state index in [1.165, 1.54) is 5.57 Å². The first-order valence-electron chi connectivity index (χ1n) is 11.0. The summed E-state index contributed by atoms with van der Waals surface area (Å²) in [4.78, 5) is 14.8. The standard InChI is InChI=1S/C26H27N5O/c1-29(16-19-6-4-3-5-7-19)26(32)21-10-8-20(9-11-21)24-15-28-31-18-22(12-13-25(24)31)23-14-27-30(2)17-23/h3-8,12-15,17-18,21H,9-11,16H2,1-2H3. The van der Waals surface area contributed by atoms with Crippen molar-refractivity contribution in [2.24, 2.45) is 13.0 Å². The van der Waals surface area contributed by atoms with Crippen LogP contribution in [0.2, 0.25) is 0 Å². The molecule has 6 nitrogen and oxygen atoms in total. The quantitative estimate of drug-likeness (QED) is 0.470. The number of carbonyl (C=O) groups excluding carboxylic acids is 1. The summed E-state index contributed by atoms with van der Waals surface area (Å²) in [7, 11) is 3.82. The van der Waals surface area contributed by atoms with Crippen molar-refractivity contribution in [1.82, 2.24) is 24.3 Å². The van der Waals surface area contributed by atoms with Crippen LogP contribution in [0, 0.1) is 5.92 Å². The normalized spacial score (nSPS) is 16.2. The number of aryl methyl sites for hydroxylation is 1. The Hall–Kier alpha value is -3.67. The molecule has 1 aromatic carbocycles. The zero-order valence-corrected chi connectivity index (χ0v) is 18.5. The topological polar surface area (TPSA) is 55.4 Å². The van der Waals surface area contributed by atoms with Gasteiger partial charge in [0.1, 0.15) is 0 Å². The third-order valence-electron chi connectivity index (χ3n) is 6.30. The molecule has 32 heavy (non-hydrogen) atoms. The van der Waals surface area contributed by atoms with Crippen molar-refractivity contribution in [2.75, 3.05) is 7.05 Å². The average molecular weight is 426 g/mol. The largest absolute Gasteiger partial charge is 0.341 e. The monoisotopic (exact) mass is 425 g/mol. The van der Waals surface area contributed by atoms with Crippen molar-refractivity contribution in [3.8, 4) is 11.1 Å². The van der Waals surface area contributed by atoms with Gasteiger partial charge in [0, 0.05) is 55.6 Å². The average Bonchev–Trinajstić information content (AvgIpc) is 3.45. The van der Waals surface area contributed by atoms with E-state index in [0.29, 0.717) is 6.54 Å². The number of carbonyl (C=O) groups is 1. The summed E-state index contributed by atoms with van der Waals surface area (Å²) in [5.74, 6) is 0.275. The minimum absolute atomic E-state index is 0.0477. The van der Waals surface area contributed by atoms with Gasteiger partial charge < -0.3 is 4.90 Å². The van der Waals surface area contributed by atoms with Crippen LogP contribution in [-0.4, -0.2) is 37.2 Å². The third kappa shape index (κ3) is 3.96. The summed E-state index contributed by atoms with van der Waals surface area (Å²) in [6, 6.07) is 14.4.